The molecule has 122 valence electrons. The Balaban J connectivity index is 1.91. The minimum Gasteiger partial charge on any atom is -0.354 e. The van der Waals surface area contributed by atoms with E-state index in [1.54, 1.807) is 25.3 Å². The number of imide groups is 1. The minimum atomic E-state index is -0.502. The first kappa shape index (κ1) is 16.7. The second-order valence-electron chi connectivity index (χ2n) is 5.28. The summed E-state index contributed by atoms with van der Waals surface area (Å²) in [6.07, 6.45) is 1.62. The highest BCUT2D eigenvalue weighted by Crippen LogP contribution is 2.15. The maximum atomic E-state index is 12.0. The maximum Gasteiger partial charge on any atom is 0.321 e. The quantitative estimate of drug-likeness (QED) is 0.809. The molecule has 1 aromatic rings. The van der Waals surface area contributed by atoms with E-state index in [0.29, 0.717) is 31.7 Å². The normalized spacial score (nSPS) is 16.3. The molecule has 0 spiro atoms. The molecule has 1 fully saturated rings. The Hall–Kier alpha value is -2.66. The Bertz CT molecular complexity index is 619. The van der Waals surface area contributed by atoms with Gasteiger partial charge in [-0.25, -0.2) is 9.78 Å². The van der Waals surface area contributed by atoms with Crippen molar-refractivity contribution in [2.24, 2.45) is 0 Å². The average molecular weight is 316 g/mol. The Morgan fingerprint density at radius 2 is 2.04 bits per heavy atom. The van der Waals surface area contributed by atoms with Crippen LogP contribution in [0.15, 0.2) is 18.3 Å². The second kappa shape index (κ2) is 7.56. The third-order valence-electron chi connectivity index (χ3n) is 3.90. The van der Waals surface area contributed by atoms with Crippen LogP contribution in [0.2, 0.25) is 0 Å². The molecular weight excluding hydrogens is 296 g/mol. The number of pyridine rings is 1. The number of amides is 3. The molecule has 0 saturated carbocycles. The van der Waals surface area contributed by atoms with Crippen LogP contribution in [-0.4, -0.2) is 61.1 Å². The van der Waals surface area contributed by atoms with Crippen molar-refractivity contribution in [2.75, 3.05) is 38.1 Å². The standard InChI is InChI=1S/C15H20N6O2/c1-11(14(22)19-15(23)17-2)20-5-7-21(8-6-20)13-9-12(10-16)3-4-18-13/h3-4,9,11H,5-8H2,1-2H3,(H2,17,19,22,23)/t11-/m0/s1. The van der Waals surface area contributed by atoms with E-state index in [9.17, 15) is 9.59 Å². The average Bonchev–Trinajstić information content (AvgIpc) is 2.61. The number of anilines is 1. The predicted octanol–water partition coefficient (Wildman–Crippen LogP) is -0.0806. The number of carbonyl (C=O) groups is 2. The van der Waals surface area contributed by atoms with Crippen LogP contribution in [-0.2, 0) is 4.79 Å². The number of nitrogens with one attached hydrogen (secondary N) is 2. The van der Waals surface area contributed by atoms with Gasteiger partial charge in [-0.1, -0.05) is 0 Å². The molecule has 0 unspecified atom stereocenters. The van der Waals surface area contributed by atoms with E-state index in [4.69, 9.17) is 5.26 Å². The van der Waals surface area contributed by atoms with E-state index in [0.717, 1.165) is 5.82 Å². The van der Waals surface area contributed by atoms with Crippen molar-refractivity contribution in [2.45, 2.75) is 13.0 Å². The van der Waals surface area contributed by atoms with Crippen LogP contribution in [0.1, 0.15) is 12.5 Å². The second-order valence-corrected chi connectivity index (χ2v) is 5.28. The lowest BCUT2D eigenvalue weighted by Gasteiger charge is -2.37. The molecule has 0 bridgehead atoms. The van der Waals surface area contributed by atoms with Crippen LogP contribution in [0.3, 0.4) is 0 Å². The largest absolute Gasteiger partial charge is 0.354 e. The molecule has 0 radical (unpaired) electrons. The SMILES string of the molecule is CNC(=O)NC(=O)[C@H](C)N1CCN(c2cc(C#N)ccn2)CC1. The summed E-state index contributed by atoms with van der Waals surface area (Å²) in [7, 11) is 1.47. The fourth-order valence-electron chi connectivity index (χ4n) is 2.44. The fourth-order valence-corrected chi connectivity index (χ4v) is 2.44. The van der Waals surface area contributed by atoms with Gasteiger partial charge < -0.3 is 10.2 Å². The third kappa shape index (κ3) is 4.17. The van der Waals surface area contributed by atoms with Crippen molar-refractivity contribution >= 4 is 17.8 Å². The van der Waals surface area contributed by atoms with E-state index in [-0.39, 0.29) is 11.9 Å². The van der Waals surface area contributed by atoms with Gasteiger partial charge in [-0.15, -0.1) is 0 Å². The predicted molar refractivity (Wildman–Crippen MR) is 84.8 cm³/mol. The minimum absolute atomic E-state index is 0.317. The molecule has 1 aromatic heterocycles. The first-order valence-electron chi connectivity index (χ1n) is 7.43. The fraction of sp³-hybridized carbons (Fsp3) is 0.467. The summed E-state index contributed by atoms with van der Waals surface area (Å²) < 4.78 is 0. The number of piperazine rings is 1. The van der Waals surface area contributed by atoms with Gasteiger partial charge in [0.2, 0.25) is 5.91 Å². The molecule has 0 aliphatic carbocycles. The summed E-state index contributed by atoms with van der Waals surface area (Å²) in [5.74, 6) is 0.452. The molecule has 1 atom stereocenters. The van der Waals surface area contributed by atoms with E-state index in [1.807, 2.05) is 4.90 Å². The van der Waals surface area contributed by atoms with Crippen molar-refractivity contribution in [1.29, 1.82) is 5.26 Å². The Morgan fingerprint density at radius 3 is 2.65 bits per heavy atom. The van der Waals surface area contributed by atoms with Gasteiger partial charge in [0, 0.05) is 39.4 Å². The molecule has 8 heteroatoms. The monoisotopic (exact) mass is 316 g/mol. The summed E-state index contributed by atoms with van der Waals surface area (Å²) in [6, 6.07) is 4.65. The zero-order valence-electron chi connectivity index (χ0n) is 13.2. The summed E-state index contributed by atoms with van der Waals surface area (Å²) in [6.45, 7) is 4.56. The summed E-state index contributed by atoms with van der Waals surface area (Å²) in [4.78, 5) is 31.6. The molecule has 1 aliphatic rings. The highest BCUT2D eigenvalue weighted by Gasteiger charge is 2.26. The number of hydrogen-bond donors (Lipinski definition) is 2. The van der Waals surface area contributed by atoms with Crippen molar-refractivity contribution in [3.8, 4) is 6.07 Å². The summed E-state index contributed by atoms with van der Waals surface area (Å²) in [5, 5.41) is 13.6. The van der Waals surface area contributed by atoms with Crippen LogP contribution < -0.4 is 15.5 Å². The van der Waals surface area contributed by atoms with Gasteiger partial charge in [-0.05, 0) is 19.1 Å². The van der Waals surface area contributed by atoms with Crippen molar-refractivity contribution < 1.29 is 9.59 Å². The van der Waals surface area contributed by atoms with Crippen molar-refractivity contribution in [3.63, 3.8) is 0 Å². The number of nitriles is 1. The molecule has 1 aliphatic heterocycles. The van der Waals surface area contributed by atoms with Crippen LogP contribution in [0, 0.1) is 11.3 Å². The topological polar surface area (TPSA) is 101 Å². The molecule has 2 rings (SSSR count). The van der Waals surface area contributed by atoms with Gasteiger partial charge in [0.1, 0.15) is 5.82 Å². The first-order chi connectivity index (χ1) is 11.0. The smallest absolute Gasteiger partial charge is 0.321 e. The number of rotatable bonds is 3. The lowest BCUT2D eigenvalue weighted by Crippen LogP contribution is -2.55. The van der Waals surface area contributed by atoms with Gasteiger partial charge in [-0.2, -0.15) is 5.26 Å². The molecule has 1 saturated heterocycles. The maximum absolute atomic E-state index is 12.0. The lowest BCUT2D eigenvalue weighted by molar-refractivity contribution is -0.124. The Labute approximate surface area is 135 Å². The van der Waals surface area contributed by atoms with Gasteiger partial charge in [-0.3, -0.25) is 15.0 Å². The lowest BCUT2D eigenvalue weighted by atomic mass is 10.2. The zero-order chi connectivity index (χ0) is 16.8. The zero-order valence-corrected chi connectivity index (χ0v) is 13.2. The van der Waals surface area contributed by atoms with E-state index < -0.39 is 6.03 Å². The third-order valence-corrected chi connectivity index (χ3v) is 3.90. The molecule has 2 heterocycles. The number of carbonyl (C=O) groups excluding carboxylic acids is 2. The Morgan fingerprint density at radius 1 is 1.35 bits per heavy atom. The molecular formula is C15H20N6O2. The number of urea groups is 1. The van der Waals surface area contributed by atoms with E-state index in [2.05, 4.69) is 26.6 Å². The highest BCUT2D eigenvalue weighted by molar-refractivity contribution is 5.96. The first-order valence-corrected chi connectivity index (χ1v) is 7.43. The summed E-state index contributed by atoms with van der Waals surface area (Å²) in [5.41, 5.74) is 0.579. The van der Waals surface area contributed by atoms with Gasteiger partial charge >= 0.3 is 6.03 Å². The van der Waals surface area contributed by atoms with Gasteiger partial charge in [0.15, 0.2) is 0 Å². The number of nitrogens with zero attached hydrogens (tertiary/aromatic N) is 4. The number of aromatic nitrogens is 1. The highest BCUT2D eigenvalue weighted by atomic mass is 16.2. The molecule has 23 heavy (non-hydrogen) atoms. The molecule has 3 amide bonds. The molecule has 8 nitrogen and oxygen atoms in total. The van der Waals surface area contributed by atoms with E-state index in [1.165, 1.54) is 7.05 Å². The van der Waals surface area contributed by atoms with Crippen molar-refractivity contribution in [1.82, 2.24) is 20.5 Å². The van der Waals surface area contributed by atoms with Crippen LogP contribution in [0.5, 0.6) is 0 Å². The van der Waals surface area contributed by atoms with Crippen LogP contribution in [0.25, 0.3) is 0 Å². The van der Waals surface area contributed by atoms with Gasteiger partial charge in [0.25, 0.3) is 0 Å². The van der Waals surface area contributed by atoms with Crippen molar-refractivity contribution in [3.05, 3.63) is 23.9 Å². The Kier molecular flexibility index (Phi) is 5.49. The molecule has 2 N–H and O–H groups in total. The van der Waals surface area contributed by atoms with Crippen LogP contribution >= 0.6 is 0 Å². The van der Waals surface area contributed by atoms with Crippen LogP contribution in [0.4, 0.5) is 10.6 Å². The molecule has 0 aromatic carbocycles. The number of hydrogen-bond acceptors (Lipinski definition) is 6. The van der Waals surface area contributed by atoms with E-state index >= 15 is 0 Å². The van der Waals surface area contributed by atoms with Gasteiger partial charge in [0.05, 0.1) is 17.7 Å². The summed E-state index contributed by atoms with van der Waals surface area (Å²) >= 11 is 0.